The van der Waals surface area contributed by atoms with E-state index in [2.05, 4.69) is 9.97 Å². The Balaban J connectivity index is 1.36. The van der Waals surface area contributed by atoms with E-state index in [1.54, 1.807) is 11.3 Å². The predicted molar refractivity (Wildman–Crippen MR) is 103 cm³/mol. The van der Waals surface area contributed by atoms with Gasteiger partial charge in [-0.15, -0.1) is 11.3 Å². The highest BCUT2D eigenvalue weighted by Crippen LogP contribution is 2.62. The molecule has 2 aromatic rings. The lowest BCUT2D eigenvalue weighted by Crippen LogP contribution is -2.58. The molecule has 4 aliphatic rings. The molecule has 6 rings (SSSR count). The molecule has 0 spiro atoms. The number of rotatable bonds is 3. The fraction of sp³-hybridized carbons (Fsp3) is 0.650. The highest BCUT2D eigenvalue weighted by atomic mass is 32.1. The largest absolute Gasteiger partial charge is 0.457 e. The maximum absolute atomic E-state index is 13.0. The molecule has 6 nitrogen and oxygen atoms in total. The Morgan fingerprint density at radius 3 is 2.63 bits per heavy atom. The van der Waals surface area contributed by atoms with E-state index in [0.29, 0.717) is 29.9 Å². The summed E-state index contributed by atoms with van der Waals surface area (Å²) in [5.41, 5.74) is 6.04. The van der Waals surface area contributed by atoms with E-state index in [-0.39, 0.29) is 12.6 Å². The second-order valence-electron chi connectivity index (χ2n) is 9.03. The number of esters is 1. The molecule has 3 N–H and O–H groups in total. The number of hydrogen-bond acceptors (Lipinski definition) is 7. The van der Waals surface area contributed by atoms with Gasteiger partial charge in [0.2, 0.25) is 0 Å². The Labute approximate surface area is 162 Å². The lowest BCUT2D eigenvalue weighted by Gasteiger charge is -2.58. The van der Waals surface area contributed by atoms with Crippen LogP contribution in [0.5, 0.6) is 0 Å². The van der Waals surface area contributed by atoms with Crippen LogP contribution >= 0.6 is 11.3 Å². The van der Waals surface area contributed by atoms with Gasteiger partial charge < -0.3 is 15.6 Å². The second kappa shape index (κ2) is 5.64. The van der Waals surface area contributed by atoms with Crippen LogP contribution in [-0.4, -0.2) is 26.6 Å². The van der Waals surface area contributed by atoms with Crippen molar-refractivity contribution in [3.63, 3.8) is 0 Å². The van der Waals surface area contributed by atoms with Crippen molar-refractivity contribution in [3.05, 3.63) is 16.3 Å². The van der Waals surface area contributed by atoms with Crippen LogP contribution in [0.3, 0.4) is 0 Å². The van der Waals surface area contributed by atoms with Crippen LogP contribution in [0.15, 0.2) is 0 Å². The molecule has 4 aliphatic carbocycles. The molecule has 2 aromatic heterocycles. The molecule has 4 fully saturated rings. The van der Waals surface area contributed by atoms with Crippen molar-refractivity contribution < 1.29 is 14.6 Å². The first-order valence-electron chi connectivity index (χ1n) is 9.69. The third kappa shape index (κ3) is 2.66. The molecule has 4 saturated carbocycles. The summed E-state index contributed by atoms with van der Waals surface area (Å²) < 4.78 is 5.67. The van der Waals surface area contributed by atoms with Gasteiger partial charge in [-0.25, -0.2) is 9.97 Å². The van der Waals surface area contributed by atoms with Gasteiger partial charge in [0.1, 0.15) is 10.6 Å². The van der Waals surface area contributed by atoms with Gasteiger partial charge in [0.05, 0.1) is 16.4 Å². The average Bonchev–Trinajstić information content (AvgIpc) is 2.85. The van der Waals surface area contributed by atoms with Gasteiger partial charge in [-0.05, 0) is 69.8 Å². The summed E-state index contributed by atoms with van der Waals surface area (Å²) >= 11 is 1.58. The maximum Gasteiger partial charge on any atom is 0.312 e. The van der Waals surface area contributed by atoms with Crippen molar-refractivity contribution in [2.45, 2.75) is 64.6 Å². The van der Waals surface area contributed by atoms with Crippen LogP contribution in [0.1, 0.15) is 54.8 Å². The molecule has 0 aromatic carbocycles. The van der Waals surface area contributed by atoms with Crippen molar-refractivity contribution >= 4 is 33.3 Å². The van der Waals surface area contributed by atoms with E-state index in [4.69, 9.17) is 10.5 Å². The standard InChI is InChI=1S/C20H25N3O3S/c1-10-11(2)27-17-15(10)16(21)22-14(23-17)8-26-18(24)19-4-12-3-13(5-19)7-20(25,6-12)9-19/h12-13,25H,3-9H2,1-2H3,(H2,21,22,23). The fourth-order valence-corrected chi connectivity index (χ4v) is 7.18. The number of nitrogens with zero attached hydrogens (tertiary/aromatic N) is 2. The van der Waals surface area contributed by atoms with Crippen molar-refractivity contribution in [1.82, 2.24) is 9.97 Å². The lowest BCUT2D eigenvalue weighted by molar-refractivity contribution is -0.197. The molecule has 0 amide bonds. The summed E-state index contributed by atoms with van der Waals surface area (Å²) in [5.74, 6) is 1.58. The van der Waals surface area contributed by atoms with Gasteiger partial charge in [0.25, 0.3) is 0 Å². The molecular formula is C20H25N3O3S. The number of aliphatic hydroxyl groups is 1. The van der Waals surface area contributed by atoms with Crippen LogP contribution in [0.2, 0.25) is 0 Å². The number of aromatic nitrogens is 2. The van der Waals surface area contributed by atoms with E-state index in [1.807, 2.05) is 13.8 Å². The monoisotopic (exact) mass is 387 g/mol. The Morgan fingerprint density at radius 2 is 1.96 bits per heavy atom. The normalized spacial score (nSPS) is 34.3. The summed E-state index contributed by atoms with van der Waals surface area (Å²) in [4.78, 5) is 23.9. The Bertz CT molecular complexity index is 940. The number of aryl methyl sites for hydroxylation is 2. The van der Waals surface area contributed by atoms with Gasteiger partial charge in [-0.1, -0.05) is 0 Å². The zero-order valence-electron chi connectivity index (χ0n) is 15.7. The fourth-order valence-electron chi connectivity index (χ4n) is 6.13. The molecule has 2 atom stereocenters. The number of carbonyl (C=O) groups excluding carboxylic acids is 1. The van der Waals surface area contributed by atoms with E-state index in [0.717, 1.165) is 47.9 Å². The molecule has 2 unspecified atom stereocenters. The van der Waals surface area contributed by atoms with Crippen molar-refractivity contribution in [2.75, 3.05) is 5.73 Å². The maximum atomic E-state index is 13.0. The summed E-state index contributed by atoms with van der Waals surface area (Å²) in [7, 11) is 0. The first-order chi connectivity index (χ1) is 12.8. The zero-order chi connectivity index (χ0) is 19.0. The lowest BCUT2D eigenvalue weighted by atomic mass is 9.48. The van der Waals surface area contributed by atoms with Crippen LogP contribution in [0.25, 0.3) is 10.2 Å². The van der Waals surface area contributed by atoms with Crippen LogP contribution in [-0.2, 0) is 16.1 Å². The van der Waals surface area contributed by atoms with E-state index in [1.165, 1.54) is 4.88 Å². The summed E-state index contributed by atoms with van der Waals surface area (Å²) in [5, 5.41) is 11.7. The van der Waals surface area contributed by atoms with Crippen molar-refractivity contribution in [3.8, 4) is 0 Å². The van der Waals surface area contributed by atoms with E-state index < -0.39 is 11.0 Å². The van der Waals surface area contributed by atoms with Crippen molar-refractivity contribution in [1.29, 1.82) is 0 Å². The predicted octanol–water partition coefficient (Wildman–Crippen LogP) is 3.26. The summed E-state index contributed by atoms with van der Waals surface area (Å²) in [6.45, 7) is 4.09. The van der Waals surface area contributed by atoms with Gasteiger partial charge in [0, 0.05) is 4.88 Å². The number of anilines is 1. The van der Waals surface area contributed by atoms with E-state index in [9.17, 15) is 9.90 Å². The highest BCUT2D eigenvalue weighted by Gasteiger charge is 2.60. The number of fused-ring (bicyclic) bond motifs is 1. The molecule has 2 heterocycles. The number of hydrogen-bond donors (Lipinski definition) is 2. The Hall–Kier alpha value is -1.73. The topological polar surface area (TPSA) is 98.3 Å². The highest BCUT2D eigenvalue weighted by molar-refractivity contribution is 7.18. The number of nitrogen functional groups attached to an aromatic ring is 1. The average molecular weight is 388 g/mol. The minimum atomic E-state index is -0.672. The first-order valence-corrected chi connectivity index (χ1v) is 10.5. The second-order valence-corrected chi connectivity index (χ2v) is 10.2. The minimum absolute atomic E-state index is 0.0322. The van der Waals surface area contributed by atoms with E-state index >= 15 is 0 Å². The number of thiophene rings is 1. The molecule has 144 valence electrons. The number of carbonyl (C=O) groups is 1. The Morgan fingerprint density at radius 1 is 1.26 bits per heavy atom. The van der Waals surface area contributed by atoms with Crippen molar-refractivity contribution in [2.24, 2.45) is 17.3 Å². The smallest absolute Gasteiger partial charge is 0.312 e. The molecule has 0 radical (unpaired) electrons. The SMILES string of the molecule is Cc1sc2nc(COC(=O)C34CC5CC(CC(O)(C5)C3)C4)nc(N)c2c1C. The number of nitrogens with two attached hydrogens (primary N) is 1. The van der Waals surface area contributed by atoms with Crippen LogP contribution in [0.4, 0.5) is 5.82 Å². The van der Waals surface area contributed by atoms with Gasteiger partial charge >= 0.3 is 5.97 Å². The molecule has 0 saturated heterocycles. The number of ether oxygens (including phenoxy) is 1. The van der Waals surface area contributed by atoms with Crippen LogP contribution in [0, 0.1) is 31.1 Å². The van der Waals surface area contributed by atoms with Crippen LogP contribution < -0.4 is 5.73 Å². The Kier molecular flexibility index (Phi) is 3.63. The quantitative estimate of drug-likeness (QED) is 0.785. The zero-order valence-corrected chi connectivity index (χ0v) is 16.6. The summed E-state index contributed by atoms with van der Waals surface area (Å²) in [6, 6.07) is 0. The molecule has 0 aliphatic heterocycles. The molecular weight excluding hydrogens is 362 g/mol. The molecule has 7 heteroatoms. The molecule has 27 heavy (non-hydrogen) atoms. The third-order valence-corrected chi connectivity index (χ3v) is 8.00. The third-order valence-electron chi connectivity index (χ3n) is 6.90. The molecule has 4 bridgehead atoms. The van der Waals surface area contributed by atoms with Gasteiger partial charge in [-0.2, -0.15) is 0 Å². The summed E-state index contributed by atoms with van der Waals surface area (Å²) in [6.07, 6.45) is 5.05. The minimum Gasteiger partial charge on any atom is -0.457 e. The van der Waals surface area contributed by atoms with Gasteiger partial charge in [-0.3, -0.25) is 4.79 Å². The van der Waals surface area contributed by atoms with Gasteiger partial charge in [0.15, 0.2) is 12.4 Å². The first kappa shape index (κ1) is 17.4.